The van der Waals surface area contributed by atoms with Crippen LogP contribution in [0.1, 0.15) is 33.6 Å². The number of carbonyl (C=O) groups is 1. The van der Waals surface area contributed by atoms with E-state index in [0.717, 1.165) is 0 Å². The Bertz CT molecular complexity index is 265. The van der Waals surface area contributed by atoms with Crippen LogP contribution in [0, 0.1) is 0 Å². The molecule has 0 unspecified atom stereocenters. The quantitative estimate of drug-likeness (QED) is 0.617. The van der Waals surface area contributed by atoms with E-state index in [1.54, 1.807) is 13.8 Å². The predicted octanol–water partition coefficient (Wildman–Crippen LogP) is -0.384. The zero-order chi connectivity index (χ0) is 12.5. The fourth-order valence-corrected chi connectivity index (χ4v) is 2.02. The van der Waals surface area contributed by atoms with Crippen molar-refractivity contribution in [3.8, 4) is 0 Å². The van der Waals surface area contributed by atoms with Gasteiger partial charge in [-0.15, -0.1) is 0 Å². The molecule has 0 aromatic heterocycles. The maximum absolute atomic E-state index is 11.3. The molecular weight excluding hydrogens is 212 g/mol. The summed E-state index contributed by atoms with van der Waals surface area (Å²) in [5, 5.41) is 29.3. The van der Waals surface area contributed by atoms with Crippen molar-refractivity contribution in [2.75, 3.05) is 0 Å². The van der Waals surface area contributed by atoms with Gasteiger partial charge in [0.2, 0.25) is 0 Å². The molecule has 3 N–H and O–H groups in total. The van der Waals surface area contributed by atoms with Crippen LogP contribution in [0.15, 0.2) is 0 Å². The summed E-state index contributed by atoms with van der Waals surface area (Å²) in [6.45, 7) is 4.86. The number of carbonyl (C=O) groups excluding carboxylic acids is 1. The minimum absolute atomic E-state index is 0.0265. The van der Waals surface area contributed by atoms with Crippen molar-refractivity contribution in [3.63, 3.8) is 0 Å². The third-order valence-corrected chi connectivity index (χ3v) is 2.96. The van der Waals surface area contributed by atoms with Gasteiger partial charge in [-0.3, -0.25) is 4.79 Å². The van der Waals surface area contributed by atoms with Crippen LogP contribution in [0.4, 0.5) is 0 Å². The molecule has 1 fully saturated rings. The summed E-state index contributed by atoms with van der Waals surface area (Å²) in [6.07, 6.45) is -3.15. The fraction of sp³-hybridized carbons (Fsp3) is 0.909. The van der Waals surface area contributed by atoms with Crippen molar-refractivity contribution < 1.29 is 24.9 Å². The summed E-state index contributed by atoms with van der Waals surface area (Å²) in [4.78, 5) is 11.3. The lowest BCUT2D eigenvalue weighted by atomic mass is 9.77. The molecule has 0 aromatic carbocycles. The van der Waals surface area contributed by atoms with Crippen LogP contribution >= 0.6 is 0 Å². The molecule has 0 aromatic rings. The lowest BCUT2D eigenvalue weighted by Crippen LogP contribution is -2.56. The molecule has 1 aliphatic rings. The minimum Gasteiger partial charge on any atom is -0.390 e. The molecule has 1 rings (SSSR count). The fourth-order valence-electron chi connectivity index (χ4n) is 2.02. The maximum atomic E-state index is 11.3. The van der Waals surface area contributed by atoms with E-state index in [1.807, 2.05) is 0 Å². The third-order valence-electron chi connectivity index (χ3n) is 2.96. The molecule has 0 heterocycles. The van der Waals surface area contributed by atoms with Gasteiger partial charge in [-0.1, -0.05) is 0 Å². The monoisotopic (exact) mass is 232 g/mol. The Balaban J connectivity index is 2.80. The van der Waals surface area contributed by atoms with Gasteiger partial charge in [-0.05, 0) is 20.8 Å². The van der Waals surface area contributed by atoms with Crippen LogP contribution in [0.3, 0.4) is 0 Å². The highest BCUT2D eigenvalue weighted by Crippen LogP contribution is 2.32. The predicted molar refractivity (Wildman–Crippen MR) is 56.9 cm³/mol. The minimum atomic E-state index is -1.59. The Hall–Kier alpha value is -0.490. The summed E-state index contributed by atoms with van der Waals surface area (Å²) in [7, 11) is 0. The molecular formula is C11H20O5. The molecule has 0 amide bonds. The lowest BCUT2D eigenvalue weighted by molar-refractivity contribution is -0.186. The van der Waals surface area contributed by atoms with Crippen molar-refractivity contribution in [1.29, 1.82) is 0 Å². The van der Waals surface area contributed by atoms with E-state index < -0.39 is 29.7 Å². The molecule has 0 spiro atoms. The van der Waals surface area contributed by atoms with Gasteiger partial charge in [0, 0.05) is 12.8 Å². The molecule has 0 aliphatic heterocycles. The normalized spacial score (nSPS) is 40.1. The SMILES string of the molecule is CC(=O)[C@@]1(O)C[C@@H](O)[C@H](O)[C@H](OC(C)C)C1. The number of hydrogen-bond donors (Lipinski definition) is 3. The number of ketones is 1. The molecule has 1 aliphatic carbocycles. The second-order valence-electron chi connectivity index (χ2n) is 4.78. The molecule has 16 heavy (non-hydrogen) atoms. The summed E-state index contributed by atoms with van der Waals surface area (Å²) in [5.74, 6) is -0.407. The highest BCUT2D eigenvalue weighted by molar-refractivity contribution is 5.84. The zero-order valence-corrected chi connectivity index (χ0v) is 9.88. The molecule has 5 heteroatoms. The average molecular weight is 232 g/mol. The second-order valence-corrected chi connectivity index (χ2v) is 4.78. The molecule has 5 nitrogen and oxygen atoms in total. The Labute approximate surface area is 95.0 Å². The molecule has 94 valence electrons. The second kappa shape index (κ2) is 4.79. The van der Waals surface area contributed by atoms with Gasteiger partial charge in [-0.2, -0.15) is 0 Å². The van der Waals surface area contributed by atoms with Crippen molar-refractivity contribution in [3.05, 3.63) is 0 Å². The highest BCUT2D eigenvalue weighted by atomic mass is 16.5. The van der Waals surface area contributed by atoms with Gasteiger partial charge in [0.15, 0.2) is 5.78 Å². The van der Waals surface area contributed by atoms with E-state index in [-0.39, 0.29) is 18.9 Å². The van der Waals surface area contributed by atoms with E-state index in [4.69, 9.17) is 4.74 Å². The lowest BCUT2D eigenvalue weighted by Gasteiger charge is -2.41. The molecule has 0 radical (unpaired) electrons. The smallest absolute Gasteiger partial charge is 0.161 e. The summed E-state index contributed by atoms with van der Waals surface area (Å²) in [6, 6.07) is 0. The van der Waals surface area contributed by atoms with Crippen molar-refractivity contribution >= 4 is 5.78 Å². The van der Waals surface area contributed by atoms with Gasteiger partial charge < -0.3 is 20.1 Å². The van der Waals surface area contributed by atoms with Crippen molar-refractivity contribution in [1.82, 2.24) is 0 Å². The molecule has 1 saturated carbocycles. The first-order chi connectivity index (χ1) is 7.26. The van der Waals surface area contributed by atoms with Crippen LogP contribution in [0.2, 0.25) is 0 Å². The van der Waals surface area contributed by atoms with Gasteiger partial charge in [0.1, 0.15) is 11.7 Å². The number of Topliss-reactive ketones (excluding diaryl/α,β-unsaturated/α-hetero) is 1. The average Bonchev–Trinajstić information content (AvgIpc) is 2.12. The van der Waals surface area contributed by atoms with Crippen molar-refractivity contribution in [2.45, 2.75) is 63.6 Å². The van der Waals surface area contributed by atoms with Crippen LogP contribution in [-0.2, 0) is 9.53 Å². The Kier molecular flexibility index (Phi) is 4.07. The first-order valence-corrected chi connectivity index (χ1v) is 5.51. The van der Waals surface area contributed by atoms with E-state index in [2.05, 4.69) is 0 Å². The summed E-state index contributed by atoms with van der Waals surface area (Å²) >= 11 is 0. The van der Waals surface area contributed by atoms with Gasteiger partial charge in [0.05, 0.1) is 18.3 Å². The standard InChI is InChI=1S/C11H20O5/c1-6(2)16-9-5-11(15,7(3)12)4-8(13)10(9)14/h6,8-10,13-15H,4-5H2,1-3H3/t8-,9-,10+,11-/m1/s1. The van der Waals surface area contributed by atoms with E-state index in [0.29, 0.717) is 0 Å². The third kappa shape index (κ3) is 2.79. The van der Waals surface area contributed by atoms with Gasteiger partial charge >= 0.3 is 0 Å². The topological polar surface area (TPSA) is 87.0 Å². The van der Waals surface area contributed by atoms with Crippen LogP contribution in [-0.4, -0.2) is 51.1 Å². The van der Waals surface area contributed by atoms with Gasteiger partial charge in [0.25, 0.3) is 0 Å². The van der Waals surface area contributed by atoms with Gasteiger partial charge in [-0.25, -0.2) is 0 Å². The Morgan fingerprint density at radius 1 is 1.38 bits per heavy atom. The van der Waals surface area contributed by atoms with Crippen LogP contribution < -0.4 is 0 Å². The number of rotatable bonds is 3. The maximum Gasteiger partial charge on any atom is 0.161 e. The van der Waals surface area contributed by atoms with Crippen LogP contribution in [0.5, 0.6) is 0 Å². The number of aliphatic hydroxyl groups is 3. The first kappa shape index (κ1) is 13.6. The highest BCUT2D eigenvalue weighted by Gasteiger charge is 2.47. The van der Waals surface area contributed by atoms with E-state index >= 15 is 0 Å². The number of aliphatic hydroxyl groups excluding tert-OH is 2. The molecule has 0 bridgehead atoms. The van der Waals surface area contributed by atoms with Crippen LogP contribution in [0.25, 0.3) is 0 Å². The van der Waals surface area contributed by atoms with E-state index in [1.165, 1.54) is 6.92 Å². The zero-order valence-electron chi connectivity index (χ0n) is 9.88. The van der Waals surface area contributed by atoms with E-state index in [9.17, 15) is 20.1 Å². The molecule has 0 saturated heterocycles. The summed E-state index contributed by atoms with van der Waals surface area (Å²) < 4.78 is 5.40. The largest absolute Gasteiger partial charge is 0.390 e. The molecule has 4 atom stereocenters. The number of ether oxygens (including phenoxy) is 1. The summed E-state index contributed by atoms with van der Waals surface area (Å²) in [5.41, 5.74) is -1.59. The Morgan fingerprint density at radius 2 is 1.94 bits per heavy atom. The first-order valence-electron chi connectivity index (χ1n) is 5.51. The Morgan fingerprint density at radius 3 is 2.38 bits per heavy atom. The number of hydrogen-bond acceptors (Lipinski definition) is 5. The van der Waals surface area contributed by atoms with Crippen molar-refractivity contribution in [2.24, 2.45) is 0 Å².